The van der Waals surface area contributed by atoms with Crippen LogP contribution in [0.3, 0.4) is 0 Å². The summed E-state index contributed by atoms with van der Waals surface area (Å²) >= 11 is 1.38. The molecule has 3 aromatic rings. The molecule has 38 heavy (non-hydrogen) atoms. The Labute approximate surface area is 222 Å². The van der Waals surface area contributed by atoms with Gasteiger partial charge in [0.25, 0.3) is 0 Å². The number of thiophene rings is 1. The topological polar surface area (TPSA) is 77.0 Å². The van der Waals surface area contributed by atoms with E-state index in [9.17, 15) is 18.4 Å². The number of hydrazone groups is 1. The highest BCUT2D eigenvalue weighted by Crippen LogP contribution is 2.46. The average molecular weight is 544 g/mol. The predicted octanol–water partition coefficient (Wildman–Crippen LogP) is 3.73. The van der Waals surface area contributed by atoms with E-state index in [1.54, 1.807) is 6.92 Å². The van der Waals surface area contributed by atoms with Gasteiger partial charge in [0.05, 0.1) is 23.9 Å². The van der Waals surface area contributed by atoms with E-state index in [0.717, 1.165) is 17.0 Å². The van der Waals surface area contributed by atoms with Crippen LogP contribution in [0, 0.1) is 17.5 Å². The fraction of sp³-hybridized carbons (Fsp3) is 0.296. The van der Waals surface area contributed by atoms with Crippen molar-refractivity contribution in [1.29, 1.82) is 0 Å². The van der Waals surface area contributed by atoms with Crippen LogP contribution in [-0.2, 0) is 9.59 Å². The quantitative estimate of drug-likeness (QED) is 0.431. The number of rotatable bonds is 9. The van der Waals surface area contributed by atoms with E-state index in [2.05, 4.69) is 15.7 Å². The molecule has 2 atom stereocenters. The van der Waals surface area contributed by atoms with Gasteiger partial charge in [-0.1, -0.05) is 18.2 Å². The Morgan fingerprint density at radius 1 is 1.05 bits per heavy atom. The van der Waals surface area contributed by atoms with E-state index in [0.29, 0.717) is 24.4 Å². The van der Waals surface area contributed by atoms with Gasteiger partial charge in [-0.2, -0.15) is 5.10 Å². The van der Waals surface area contributed by atoms with Gasteiger partial charge in [0.15, 0.2) is 11.4 Å². The van der Waals surface area contributed by atoms with E-state index in [1.807, 2.05) is 36.5 Å². The molecule has 2 heterocycles. The SMILES string of the molecule is CN(C)CCNC(=O)CNC(=O)C1(C)C(c2cccs2)C(c2ccc(F)cc2)=NN1c1ccc(F)cc1F. The van der Waals surface area contributed by atoms with Gasteiger partial charge < -0.3 is 15.5 Å². The normalized spacial score (nSPS) is 19.0. The molecule has 0 aliphatic carbocycles. The molecule has 200 valence electrons. The molecule has 0 spiro atoms. The largest absolute Gasteiger partial charge is 0.353 e. The summed E-state index contributed by atoms with van der Waals surface area (Å²) in [4.78, 5) is 28.9. The van der Waals surface area contributed by atoms with Gasteiger partial charge in [-0.15, -0.1) is 11.3 Å². The van der Waals surface area contributed by atoms with Gasteiger partial charge >= 0.3 is 0 Å². The first-order valence-corrected chi connectivity index (χ1v) is 12.8. The maximum absolute atomic E-state index is 15.1. The molecular weight excluding hydrogens is 515 g/mol. The Kier molecular flexibility index (Phi) is 8.17. The molecule has 2 aromatic carbocycles. The lowest BCUT2D eigenvalue weighted by atomic mass is 9.78. The number of hydrogen-bond donors (Lipinski definition) is 2. The van der Waals surface area contributed by atoms with Crippen molar-refractivity contribution >= 4 is 34.6 Å². The molecule has 1 aromatic heterocycles. The molecule has 0 bridgehead atoms. The van der Waals surface area contributed by atoms with E-state index < -0.39 is 34.8 Å². The Balaban J connectivity index is 1.75. The van der Waals surface area contributed by atoms with E-state index in [1.165, 1.54) is 46.7 Å². The highest BCUT2D eigenvalue weighted by Gasteiger charge is 2.55. The Morgan fingerprint density at radius 2 is 1.76 bits per heavy atom. The lowest BCUT2D eigenvalue weighted by Crippen LogP contribution is -2.58. The number of nitrogens with zero attached hydrogens (tertiary/aromatic N) is 3. The van der Waals surface area contributed by atoms with Crippen molar-refractivity contribution < 1.29 is 22.8 Å². The molecule has 7 nitrogen and oxygen atoms in total. The standard InChI is InChI=1S/C27H28F3N5O2S/c1-27(26(37)32-16-23(36)31-12-13-34(2)3)24(22-5-4-14-38-22)25(17-6-8-18(28)9-7-17)33-35(27)21-11-10-19(29)15-20(21)30/h4-11,14-15,24H,12-13,16H2,1-3H3,(H,31,36)(H,32,37). The third-order valence-electron chi connectivity index (χ3n) is 6.34. The van der Waals surface area contributed by atoms with Crippen LogP contribution in [0.15, 0.2) is 65.1 Å². The summed E-state index contributed by atoms with van der Waals surface area (Å²) in [6.45, 7) is 2.33. The van der Waals surface area contributed by atoms with Crippen molar-refractivity contribution in [2.45, 2.75) is 18.4 Å². The Bertz CT molecular complexity index is 1330. The molecule has 4 rings (SSSR count). The van der Waals surface area contributed by atoms with Crippen LogP contribution in [0.25, 0.3) is 0 Å². The molecule has 1 aliphatic heterocycles. The van der Waals surface area contributed by atoms with E-state index in [-0.39, 0.29) is 18.1 Å². The molecular formula is C27H28F3N5O2S. The second kappa shape index (κ2) is 11.4. The number of carbonyl (C=O) groups excluding carboxylic acids is 2. The van der Waals surface area contributed by atoms with Crippen molar-refractivity contribution in [1.82, 2.24) is 15.5 Å². The number of benzene rings is 2. The first-order valence-electron chi connectivity index (χ1n) is 11.9. The number of nitrogens with one attached hydrogen (secondary N) is 2. The van der Waals surface area contributed by atoms with Gasteiger partial charge in [0.2, 0.25) is 11.8 Å². The zero-order chi connectivity index (χ0) is 27.4. The molecule has 0 saturated carbocycles. The number of hydrogen-bond acceptors (Lipinski definition) is 6. The van der Waals surface area contributed by atoms with E-state index in [4.69, 9.17) is 0 Å². The molecule has 2 unspecified atom stereocenters. The van der Waals surface area contributed by atoms with Crippen LogP contribution in [0.4, 0.5) is 18.9 Å². The van der Waals surface area contributed by atoms with Crippen LogP contribution in [0.2, 0.25) is 0 Å². The highest BCUT2D eigenvalue weighted by atomic mass is 32.1. The maximum Gasteiger partial charge on any atom is 0.249 e. The summed E-state index contributed by atoms with van der Waals surface area (Å²) < 4.78 is 42.6. The number of likely N-dealkylation sites (N-methyl/N-ethyl adjacent to an activating group) is 1. The second-order valence-electron chi connectivity index (χ2n) is 9.33. The van der Waals surface area contributed by atoms with Crippen LogP contribution in [0.1, 0.15) is 23.3 Å². The van der Waals surface area contributed by atoms with Crippen molar-refractivity contribution in [3.05, 3.63) is 87.9 Å². The summed E-state index contributed by atoms with van der Waals surface area (Å²) in [6, 6.07) is 12.3. The van der Waals surface area contributed by atoms with Gasteiger partial charge in [0, 0.05) is 24.0 Å². The highest BCUT2D eigenvalue weighted by molar-refractivity contribution is 7.10. The number of carbonyl (C=O) groups is 2. The summed E-state index contributed by atoms with van der Waals surface area (Å²) in [5.41, 5.74) is -0.727. The summed E-state index contributed by atoms with van der Waals surface area (Å²) in [6.07, 6.45) is 0. The van der Waals surface area contributed by atoms with Gasteiger partial charge in [-0.05, 0) is 62.3 Å². The first kappa shape index (κ1) is 27.3. The van der Waals surface area contributed by atoms with Crippen molar-refractivity contribution in [2.24, 2.45) is 5.10 Å². The monoisotopic (exact) mass is 543 g/mol. The predicted molar refractivity (Wildman–Crippen MR) is 142 cm³/mol. The molecule has 2 N–H and O–H groups in total. The summed E-state index contributed by atoms with van der Waals surface area (Å²) in [5.74, 6) is -3.80. The van der Waals surface area contributed by atoms with Crippen LogP contribution >= 0.6 is 11.3 Å². The number of anilines is 1. The Hall–Kier alpha value is -3.70. The number of halogens is 3. The van der Waals surface area contributed by atoms with Crippen molar-refractivity contribution in [3.8, 4) is 0 Å². The van der Waals surface area contributed by atoms with Crippen molar-refractivity contribution in [3.63, 3.8) is 0 Å². The zero-order valence-electron chi connectivity index (χ0n) is 21.2. The van der Waals surface area contributed by atoms with Gasteiger partial charge in [-0.3, -0.25) is 9.59 Å². The summed E-state index contributed by atoms with van der Waals surface area (Å²) in [7, 11) is 3.75. The molecule has 11 heteroatoms. The molecule has 0 radical (unpaired) electrons. The molecule has 0 saturated heterocycles. The minimum absolute atomic E-state index is 0.113. The first-order chi connectivity index (χ1) is 18.1. The zero-order valence-corrected chi connectivity index (χ0v) is 22.0. The minimum atomic E-state index is -1.56. The van der Waals surface area contributed by atoms with Crippen molar-refractivity contribution in [2.75, 3.05) is 38.7 Å². The minimum Gasteiger partial charge on any atom is -0.353 e. The summed E-state index contributed by atoms with van der Waals surface area (Å²) in [5, 5.41) is 13.1. The van der Waals surface area contributed by atoms with Gasteiger partial charge in [-0.25, -0.2) is 18.2 Å². The van der Waals surface area contributed by atoms with Gasteiger partial charge in [0.1, 0.15) is 11.6 Å². The molecule has 2 amide bonds. The van der Waals surface area contributed by atoms with Crippen LogP contribution < -0.4 is 15.6 Å². The Morgan fingerprint density at radius 3 is 2.39 bits per heavy atom. The van der Waals surface area contributed by atoms with Crippen LogP contribution in [0.5, 0.6) is 0 Å². The average Bonchev–Trinajstić information content (AvgIpc) is 3.49. The molecule has 1 aliphatic rings. The second-order valence-corrected chi connectivity index (χ2v) is 10.3. The fourth-order valence-electron chi connectivity index (χ4n) is 4.38. The lowest BCUT2D eigenvalue weighted by Gasteiger charge is -2.37. The fourth-order valence-corrected chi connectivity index (χ4v) is 5.32. The van der Waals surface area contributed by atoms with Crippen LogP contribution in [-0.4, -0.2) is 61.7 Å². The smallest absolute Gasteiger partial charge is 0.249 e. The number of amides is 2. The third kappa shape index (κ3) is 5.58. The molecule has 0 fully saturated rings. The lowest BCUT2D eigenvalue weighted by molar-refractivity contribution is -0.129. The van der Waals surface area contributed by atoms with E-state index >= 15 is 4.39 Å². The third-order valence-corrected chi connectivity index (χ3v) is 7.28. The maximum atomic E-state index is 15.1.